The van der Waals surface area contributed by atoms with E-state index in [1.165, 1.54) is 50.4 Å². The maximum Gasteiger partial charge on any atom is 0.342 e. The summed E-state index contributed by atoms with van der Waals surface area (Å²) in [6.07, 6.45) is -7.00. The van der Waals surface area contributed by atoms with Crippen molar-refractivity contribution in [1.29, 1.82) is 0 Å². The van der Waals surface area contributed by atoms with Gasteiger partial charge >= 0.3 is 5.97 Å². The molecule has 0 radical (unpaired) electrons. The van der Waals surface area contributed by atoms with E-state index in [1.807, 2.05) is 0 Å². The van der Waals surface area contributed by atoms with Crippen LogP contribution in [0.2, 0.25) is 0 Å². The lowest BCUT2D eigenvalue weighted by Crippen LogP contribution is -2.59. The Morgan fingerprint density at radius 2 is 1.66 bits per heavy atom. The first kappa shape index (κ1) is 27.8. The number of hydrogen-bond donors (Lipinski definition) is 5. The third-order valence-electron chi connectivity index (χ3n) is 6.66. The summed E-state index contributed by atoms with van der Waals surface area (Å²) in [6, 6.07) is 14.1. The Balaban J connectivity index is 1.45. The number of carbonyl (C=O) groups is 1. The predicted octanol–water partition coefficient (Wildman–Crippen LogP) is 2.66. The number of aromatic hydroxyl groups is 3. The highest BCUT2D eigenvalue weighted by Gasteiger charge is 2.47. The van der Waals surface area contributed by atoms with Gasteiger partial charge in [-0.15, -0.1) is 0 Å². The van der Waals surface area contributed by atoms with Gasteiger partial charge in [-0.3, -0.25) is 4.79 Å². The van der Waals surface area contributed by atoms with Crippen molar-refractivity contribution in [3.05, 3.63) is 76.5 Å². The number of rotatable bonds is 6. The Morgan fingerprint density at radius 3 is 2.37 bits per heavy atom. The number of hydrogen-bond acceptors (Lipinski definition) is 12. The van der Waals surface area contributed by atoms with E-state index >= 15 is 0 Å². The molecule has 1 saturated heterocycles. The largest absolute Gasteiger partial charge is 0.508 e. The van der Waals surface area contributed by atoms with Crippen LogP contribution in [0.25, 0.3) is 22.3 Å². The van der Waals surface area contributed by atoms with E-state index < -0.39 is 53.6 Å². The number of phenolic OH excluding ortho intramolecular Hbond substituents is 2. The molecule has 4 aromatic rings. The van der Waals surface area contributed by atoms with Crippen LogP contribution in [0.4, 0.5) is 0 Å². The number of esters is 1. The fourth-order valence-electron chi connectivity index (χ4n) is 4.51. The van der Waals surface area contributed by atoms with Crippen molar-refractivity contribution in [2.24, 2.45) is 0 Å². The standard InChI is InChI=1S/C29H26O12/c1-13-22(32)27(41-28(36)17-5-3-4-6-19(17)37-2)25(35)29(38-13)39-16-11-18(31)21-20(12-16)40-26(24(34)23(21)33)14-7-9-15(30)10-8-14/h3-13,22,25,27,29-32,34-35H,1-2H3/t13-,22+,25-,27-,29+/m1/s1. The summed E-state index contributed by atoms with van der Waals surface area (Å²) in [4.78, 5) is 25.7. The number of phenols is 2. The molecule has 0 spiro atoms. The highest BCUT2D eigenvalue weighted by atomic mass is 16.7. The van der Waals surface area contributed by atoms with Gasteiger partial charge in [-0.1, -0.05) is 12.1 Å². The van der Waals surface area contributed by atoms with E-state index in [-0.39, 0.29) is 45.1 Å². The van der Waals surface area contributed by atoms with Gasteiger partial charge in [0.25, 0.3) is 0 Å². The lowest BCUT2D eigenvalue weighted by molar-refractivity contribution is -0.267. The maximum atomic E-state index is 12.9. The molecule has 0 aliphatic carbocycles. The van der Waals surface area contributed by atoms with Crippen molar-refractivity contribution >= 4 is 16.9 Å². The van der Waals surface area contributed by atoms with Gasteiger partial charge < -0.3 is 48.9 Å². The van der Waals surface area contributed by atoms with Crippen LogP contribution in [0.5, 0.6) is 28.7 Å². The molecule has 5 N–H and O–H groups in total. The fraction of sp³-hybridized carbons (Fsp3) is 0.241. The van der Waals surface area contributed by atoms with Gasteiger partial charge in [0.2, 0.25) is 17.5 Å². The molecule has 41 heavy (non-hydrogen) atoms. The Bertz CT molecular complexity index is 1640. The number of aliphatic hydroxyl groups excluding tert-OH is 2. The average Bonchev–Trinajstić information content (AvgIpc) is 2.96. The first-order valence-electron chi connectivity index (χ1n) is 12.4. The molecule has 1 aromatic heterocycles. The first-order chi connectivity index (χ1) is 19.6. The van der Waals surface area contributed by atoms with Crippen molar-refractivity contribution in [3.8, 4) is 40.1 Å². The molecule has 3 aromatic carbocycles. The number of benzene rings is 3. The average molecular weight is 567 g/mol. The number of para-hydroxylation sites is 1. The SMILES string of the molecule is COc1ccccc1C(=O)O[C@@H]1[C@@H](O)[C@@H](C)O[C@@H](Oc2cc(O)c3c(=O)c(O)c(-c4ccc(O)cc4)oc3c2)[C@@H]1O. The minimum Gasteiger partial charge on any atom is -0.508 e. The third-order valence-corrected chi connectivity index (χ3v) is 6.66. The summed E-state index contributed by atoms with van der Waals surface area (Å²) in [5, 5.41) is 51.9. The highest BCUT2D eigenvalue weighted by molar-refractivity contribution is 5.92. The van der Waals surface area contributed by atoms with Crippen LogP contribution in [0.15, 0.2) is 69.9 Å². The van der Waals surface area contributed by atoms with Crippen molar-refractivity contribution in [2.45, 2.75) is 37.6 Å². The lowest BCUT2D eigenvalue weighted by Gasteiger charge is -2.40. The molecule has 12 heteroatoms. The molecule has 0 bridgehead atoms. The van der Waals surface area contributed by atoms with Gasteiger partial charge in [0.15, 0.2) is 18.0 Å². The molecule has 0 unspecified atom stereocenters. The van der Waals surface area contributed by atoms with Crippen LogP contribution in [0.3, 0.4) is 0 Å². The van der Waals surface area contributed by atoms with E-state index in [1.54, 1.807) is 18.2 Å². The number of ether oxygens (including phenoxy) is 4. The molecule has 5 atom stereocenters. The molecule has 214 valence electrons. The zero-order valence-corrected chi connectivity index (χ0v) is 21.8. The molecular weight excluding hydrogens is 540 g/mol. The van der Waals surface area contributed by atoms with Crippen molar-refractivity contribution in [2.75, 3.05) is 7.11 Å². The molecule has 12 nitrogen and oxygen atoms in total. The van der Waals surface area contributed by atoms with Crippen molar-refractivity contribution < 1.29 is 53.7 Å². The van der Waals surface area contributed by atoms with Crippen molar-refractivity contribution in [3.63, 3.8) is 0 Å². The molecule has 0 amide bonds. The van der Waals surface area contributed by atoms with Gasteiger partial charge in [-0.05, 0) is 43.3 Å². The second-order valence-electron chi connectivity index (χ2n) is 9.35. The quantitative estimate of drug-likeness (QED) is 0.215. The molecule has 1 aliphatic rings. The minimum atomic E-state index is -1.68. The molecule has 2 heterocycles. The summed E-state index contributed by atoms with van der Waals surface area (Å²) >= 11 is 0. The lowest BCUT2D eigenvalue weighted by atomic mass is 9.99. The topological polar surface area (TPSA) is 185 Å². The summed E-state index contributed by atoms with van der Waals surface area (Å²) in [5.74, 6) is -2.32. The van der Waals surface area contributed by atoms with Crippen LogP contribution in [0.1, 0.15) is 17.3 Å². The second-order valence-corrected chi connectivity index (χ2v) is 9.35. The van der Waals surface area contributed by atoms with E-state index in [9.17, 15) is 35.1 Å². The summed E-state index contributed by atoms with van der Waals surface area (Å²) < 4.78 is 27.7. The Hall–Kier alpha value is -4.78. The molecule has 0 saturated carbocycles. The van der Waals surface area contributed by atoms with Crippen molar-refractivity contribution in [1.82, 2.24) is 0 Å². The van der Waals surface area contributed by atoms with Crippen LogP contribution in [-0.2, 0) is 9.47 Å². The zero-order valence-electron chi connectivity index (χ0n) is 21.8. The number of methoxy groups -OCH3 is 1. The van der Waals surface area contributed by atoms with Gasteiger partial charge in [-0.25, -0.2) is 4.79 Å². The van der Waals surface area contributed by atoms with Crippen LogP contribution in [-0.4, -0.2) is 69.3 Å². The maximum absolute atomic E-state index is 12.9. The van der Waals surface area contributed by atoms with E-state index in [0.29, 0.717) is 0 Å². The van der Waals surface area contributed by atoms with Gasteiger partial charge in [0.05, 0.1) is 13.2 Å². The van der Waals surface area contributed by atoms with E-state index in [2.05, 4.69) is 0 Å². The summed E-state index contributed by atoms with van der Waals surface area (Å²) in [5.41, 5.74) is -0.720. The molecular formula is C29H26O12. The van der Waals surface area contributed by atoms with Gasteiger partial charge in [0, 0.05) is 17.7 Å². The molecule has 1 aliphatic heterocycles. The van der Waals surface area contributed by atoms with Crippen LogP contribution in [0, 0.1) is 0 Å². The van der Waals surface area contributed by atoms with Crippen LogP contribution < -0.4 is 14.9 Å². The Morgan fingerprint density at radius 1 is 0.951 bits per heavy atom. The first-order valence-corrected chi connectivity index (χ1v) is 12.4. The van der Waals surface area contributed by atoms with E-state index in [4.69, 9.17) is 23.4 Å². The number of carbonyl (C=O) groups excluding carboxylic acids is 1. The summed E-state index contributed by atoms with van der Waals surface area (Å²) in [7, 11) is 1.38. The Labute approximate surface area is 232 Å². The smallest absolute Gasteiger partial charge is 0.342 e. The summed E-state index contributed by atoms with van der Waals surface area (Å²) in [6.45, 7) is 1.49. The van der Waals surface area contributed by atoms with Gasteiger partial charge in [-0.2, -0.15) is 0 Å². The normalized spacial score (nSPS) is 22.3. The number of fused-ring (bicyclic) bond motifs is 1. The predicted molar refractivity (Wildman–Crippen MR) is 142 cm³/mol. The molecule has 5 rings (SSSR count). The van der Waals surface area contributed by atoms with E-state index in [0.717, 1.165) is 6.07 Å². The molecule has 1 fully saturated rings. The number of aliphatic hydroxyl groups is 2. The Kier molecular flexibility index (Phi) is 7.45. The highest BCUT2D eigenvalue weighted by Crippen LogP contribution is 2.37. The second kappa shape index (κ2) is 11.0. The van der Waals surface area contributed by atoms with Crippen LogP contribution >= 0.6 is 0 Å². The monoisotopic (exact) mass is 566 g/mol. The van der Waals surface area contributed by atoms with Gasteiger partial charge in [0.1, 0.15) is 45.6 Å². The zero-order chi connectivity index (χ0) is 29.4. The fourth-order valence-corrected chi connectivity index (χ4v) is 4.51. The minimum absolute atomic E-state index is 0.0398. The third kappa shape index (κ3) is 5.23.